The Hall–Kier alpha value is -3.48. The van der Waals surface area contributed by atoms with E-state index in [0.717, 1.165) is 0 Å². The minimum Gasteiger partial charge on any atom is -0.493 e. The average molecular weight is 336 g/mol. The summed E-state index contributed by atoms with van der Waals surface area (Å²) in [5.74, 6) is -0.602. The summed E-state index contributed by atoms with van der Waals surface area (Å²) in [6.45, 7) is 0. The number of hydrogen-bond donors (Lipinski definition) is 2. The first-order valence-electron chi connectivity index (χ1n) is 7.61. The fourth-order valence-corrected chi connectivity index (χ4v) is 2.72. The summed E-state index contributed by atoms with van der Waals surface area (Å²) in [7, 11) is 0. The number of benzene rings is 1. The predicted molar refractivity (Wildman–Crippen MR) is 89.9 cm³/mol. The van der Waals surface area contributed by atoms with Crippen LogP contribution >= 0.6 is 0 Å². The second-order valence-corrected chi connectivity index (χ2v) is 5.59. The highest BCUT2D eigenvalue weighted by Gasteiger charge is 2.17. The van der Waals surface area contributed by atoms with E-state index in [0.29, 0.717) is 22.5 Å². The number of pyridine rings is 1. The fourth-order valence-electron chi connectivity index (χ4n) is 2.72. The van der Waals surface area contributed by atoms with E-state index in [9.17, 15) is 14.3 Å². The van der Waals surface area contributed by atoms with Crippen LogP contribution in [-0.4, -0.2) is 24.7 Å². The van der Waals surface area contributed by atoms with Gasteiger partial charge in [-0.15, -0.1) is 0 Å². The number of rotatable bonds is 3. The molecule has 4 aromatic rings. The fraction of sp³-hybridized carbons (Fsp3) is 0.0556. The van der Waals surface area contributed by atoms with Crippen molar-refractivity contribution in [2.24, 2.45) is 0 Å². The van der Waals surface area contributed by atoms with Crippen molar-refractivity contribution in [3.8, 4) is 17.1 Å². The Labute approximate surface area is 141 Å². The van der Waals surface area contributed by atoms with Crippen LogP contribution < -0.4 is 5.56 Å². The first-order chi connectivity index (χ1) is 12.1. The van der Waals surface area contributed by atoms with Crippen LogP contribution in [0.5, 0.6) is 5.88 Å². The second-order valence-electron chi connectivity index (χ2n) is 5.59. The number of aromatic nitrogens is 4. The summed E-state index contributed by atoms with van der Waals surface area (Å²) < 4.78 is 14.3. The van der Waals surface area contributed by atoms with Crippen LogP contribution in [0.2, 0.25) is 0 Å². The number of aromatic hydroxyl groups is 1. The van der Waals surface area contributed by atoms with E-state index >= 15 is 0 Å². The van der Waals surface area contributed by atoms with E-state index in [1.165, 1.54) is 22.8 Å². The molecule has 0 atom stereocenters. The number of halogens is 1. The molecule has 0 aliphatic rings. The molecule has 2 N–H and O–H groups in total. The number of hydrogen-bond acceptors (Lipinski definition) is 4. The Balaban J connectivity index is 1.83. The minimum absolute atomic E-state index is 0.162. The van der Waals surface area contributed by atoms with Gasteiger partial charge in [-0.1, -0.05) is 18.2 Å². The number of H-pyrrole nitrogens is 1. The van der Waals surface area contributed by atoms with E-state index in [4.69, 9.17) is 0 Å². The van der Waals surface area contributed by atoms with Gasteiger partial charge in [0.2, 0.25) is 5.88 Å². The maximum absolute atomic E-state index is 13.0. The molecule has 0 bridgehead atoms. The molecule has 124 valence electrons. The van der Waals surface area contributed by atoms with Gasteiger partial charge in [0, 0.05) is 12.6 Å². The van der Waals surface area contributed by atoms with Gasteiger partial charge >= 0.3 is 0 Å². The molecular formula is C18H13FN4O2. The number of aromatic amines is 1. The lowest BCUT2D eigenvalue weighted by Gasteiger charge is -2.06. The summed E-state index contributed by atoms with van der Waals surface area (Å²) in [6, 6.07) is 11.2. The van der Waals surface area contributed by atoms with Gasteiger partial charge in [-0.05, 0) is 29.8 Å². The van der Waals surface area contributed by atoms with Crippen molar-refractivity contribution in [2.75, 3.05) is 0 Å². The third-order valence-electron chi connectivity index (χ3n) is 3.98. The van der Waals surface area contributed by atoms with Gasteiger partial charge in [0.05, 0.1) is 23.0 Å². The minimum atomic E-state index is -0.424. The van der Waals surface area contributed by atoms with Crippen molar-refractivity contribution < 1.29 is 9.50 Å². The van der Waals surface area contributed by atoms with E-state index in [1.807, 2.05) is 6.07 Å². The topological polar surface area (TPSA) is 83.3 Å². The normalized spacial score (nSPS) is 11.1. The zero-order valence-electron chi connectivity index (χ0n) is 13.0. The van der Waals surface area contributed by atoms with Crippen molar-refractivity contribution >= 4 is 5.65 Å². The molecule has 0 saturated carbocycles. The average Bonchev–Trinajstić information content (AvgIpc) is 3.05. The molecule has 0 spiro atoms. The van der Waals surface area contributed by atoms with E-state index in [1.54, 1.807) is 30.5 Å². The number of nitrogens with zero attached hydrogens (tertiary/aromatic N) is 3. The van der Waals surface area contributed by atoms with E-state index in [-0.39, 0.29) is 23.7 Å². The molecule has 6 nitrogen and oxygen atoms in total. The molecule has 25 heavy (non-hydrogen) atoms. The standard InChI is InChI=1S/C18H13FN4O2/c19-12-6-4-11(5-7-12)9-13-17(24)22-16-14(10-21-23(16)18(13)25)15-3-1-2-8-20-15/h1-8,10,25H,9H2,(H,22,24). The van der Waals surface area contributed by atoms with Crippen molar-refractivity contribution in [1.82, 2.24) is 19.6 Å². The van der Waals surface area contributed by atoms with Crippen molar-refractivity contribution in [3.05, 3.63) is 82.2 Å². The molecule has 0 unspecified atom stereocenters. The molecular weight excluding hydrogens is 323 g/mol. The summed E-state index contributed by atoms with van der Waals surface area (Å²) in [4.78, 5) is 19.4. The summed E-state index contributed by atoms with van der Waals surface area (Å²) in [5, 5.41) is 14.6. The smallest absolute Gasteiger partial charge is 0.258 e. The van der Waals surface area contributed by atoms with Crippen LogP contribution in [0.4, 0.5) is 4.39 Å². The number of fused-ring (bicyclic) bond motifs is 1. The van der Waals surface area contributed by atoms with Crippen LogP contribution in [0.1, 0.15) is 11.1 Å². The van der Waals surface area contributed by atoms with Gasteiger partial charge in [0.1, 0.15) is 11.5 Å². The zero-order valence-corrected chi connectivity index (χ0v) is 13.0. The predicted octanol–water partition coefficient (Wildman–Crippen LogP) is 2.52. The Kier molecular flexibility index (Phi) is 3.53. The Bertz CT molecular complexity index is 1100. The monoisotopic (exact) mass is 336 g/mol. The van der Waals surface area contributed by atoms with Crippen LogP contribution in [0.15, 0.2) is 59.7 Å². The quantitative estimate of drug-likeness (QED) is 0.602. The third-order valence-corrected chi connectivity index (χ3v) is 3.98. The first-order valence-corrected chi connectivity index (χ1v) is 7.61. The van der Waals surface area contributed by atoms with Crippen molar-refractivity contribution in [3.63, 3.8) is 0 Å². The number of nitrogens with one attached hydrogen (secondary N) is 1. The van der Waals surface area contributed by atoms with E-state index in [2.05, 4.69) is 15.1 Å². The van der Waals surface area contributed by atoms with Gasteiger partial charge in [-0.2, -0.15) is 9.61 Å². The van der Waals surface area contributed by atoms with Crippen molar-refractivity contribution in [1.29, 1.82) is 0 Å². The zero-order chi connectivity index (χ0) is 17.4. The molecule has 0 amide bonds. The van der Waals surface area contributed by atoms with Crippen LogP contribution in [0.3, 0.4) is 0 Å². The Morgan fingerprint density at radius 2 is 1.96 bits per heavy atom. The van der Waals surface area contributed by atoms with Gasteiger partial charge in [0.15, 0.2) is 0 Å². The van der Waals surface area contributed by atoms with Gasteiger partial charge in [-0.25, -0.2) is 4.39 Å². The summed E-state index contributed by atoms with van der Waals surface area (Å²) in [6.07, 6.45) is 3.34. The molecule has 0 radical (unpaired) electrons. The van der Waals surface area contributed by atoms with Crippen LogP contribution in [0.25, 0.3) is 16.9 Å². The SMILES string of the molecule is O=c1[nH]c2c(-c3ccccn3)cnn2c(O)c1Cc1ccc(F)cc1. The van der Waals surface area contributed by atoms with Gasteiger partial charge in [0.25, 0.3) is 5.56 Å². The Morgan fingerprint density at radius 3 is 2.68 bits per heavy atom. The molecule has 4 rings (SSSR count). The molecule has 0 saturated heterocycles. The molecule has 3 aromatic heterocycles. The van der Waals surface area contributed by atoms with Gasteiger partial charge in [-0.3, -0.25) is 9.78 Å². The highest BCUT2D eigenvalue weighted by Crippen LogP contribution is 2.25. The third kappa shape index (κ3) is 2.65. The first kappa shape index (κ1) is 15.1. The summed E-state index contributed by atoms with van der Waals surface area (Å²) >= 11 is 0. The molecule has 0 fully saturated rings. The second kappa shape index (κ2) is 5.86. The highest BCUT2D eigenvalue weighted by atomic mass is 19.1. The van der Waals surface area contributed by atoms with Gasteiger partial charge < -0.3 is 10.1 Å². The molecule has 7 heteroatoms. The van der Waals surface area contributed by atoms with E-state index < -0.39 is 5.56 Å². The molecule has 0 aliphatic heterocycles. The Morgan fingerprint density at radius 1 is 1.16 bits per heavy atom. The lowest BCUT2D eigenvalue weighted by atomic mass is 10.1. The maximum atomic E-state index is 13.0. The van der Waals surface area contributed by atoms with Crippen molar-refractivity contribution in [2.45, 2.75) is 6.42 Å². The molecule has 1 aromatic carbocycles. The highest BCUT2D eigenvalue weighted by molar-refractivity contribution is 5.74. The maximum Gasteiger partial charge on any atom is 0.258 e. The summed E-state index contributed by atoms with van der Waals surface area (Å²) in [5.41, 5.74) is 2.06. The largest absolute Gasteiger partial charge is 0.493 e. The lowest BCUT2D eigenvalue weighted by Crippen LogP contribution is -2.16. The molecule has 0 aliphatic carbocycles. The van der Waals surface area contributed by atoms with Crippen LogP contribution in [-0.2, 0) is 6.42 Å². The molecule has 3 heterocycles. The lowest BCUT2D eigenvalue weighted by molar-refractivity contribution is 0.428. The van der Waals surface area contributed by atoms with Crippen LogP contribution in [0, 0.1) is 5.82 Å².